The van der Waals surface area contributed by atoms with Gasteiger partial charge in [-0.3, -0.25) is 4.79 Å². The first-order chi connectivity index (χ1) is 5.83. The van der Waals surface area contributed by atoms with Gasteiger partial charge in [0.1, 0.15) is 0 Å². The van der Waals surface area contributed by atoms with Crippen molar-refractivity contribution in [3.05, 3.63) is 11.6 Å². The van der Waals surface area contributed by atoms with E-state index in [0.29, 0.717) is 11.5 Å². The monoisotopic (exact) mass is 200 g/mol. The molecule has 0 aliphatic carbocycles. The van der Waals surface area contributed by atoms with Crippen LogP contribution >= 0.6 is 11.6 Å². The van der Waals surface area contributed by atoms with Crippen molar-refractivity contribution in [1.29, 1.82) is 0 Å². The van der Waals surface area contributed by atoms with Crippen LogP contribution in [0.3, 0.4) is 0 Å². The van der Waals surface area contributed by atoms with Crippen LogP contribution in [-0.2, 0) is 9.53 Å². The zero-order valence-corrected chi connectivity index (χ0v) is 8.86. The Morgan fingerprint density at radius 3 is 2.54 bits per heavy atom. The maximum absolute atomic E-state index is 10.6. The Balaban J connectivity index is 4.19. The molecule has 0 bridgehead atoms. The minimum atomic E-state index is -0.752. The third-order valence-electron chi connectivity index (χ3n) is 1.07. The lowest BCUT2D eigenvalue weighted by Crippen LogP contribution is -2.24. The number of hydrogen-bond acceptors (Lipinski definition) is 2. The largest absolute Gasteiger partial charge is 0.447 e. The van der Waals surface area contributed by atoms with E-state index in [-0.39, 0.29) is 5.97 Å². The molecule has 0 rings (SSSR count). The minimum Gasteiger partial charge on any atom is -0.447 e. The van der Waals surface area contributed by atoms with E-state index < -0.39 is 5.60 Å². The van der Waals surface area contributed by atoms with E-state index in [4.69, 9.17) is 16.3 Å². The van der Waals surface area contributed by atoms with Crippen molar-refractivity contribution in [3.63, 3.8) is 0 Å². The van der Waals surface area contributed by atoms with Gasteiger partial charge < -0.3 is 4.74 Å². The van der Waals surface area contributed by atoms with Crippen molar-refractivity contribution in [1.82, 2.24) is 0 Å². The van der Waals surface area contributed by atoms with Crippen molar-refractivity contribution in [3.8, 4) is 11.8 Å². The van der Waals surface area contributed by atoms with Crippen LogP contribution in [0.5, 0.6) is 0 Å². The van der Waals surface area contributed by atoms with E-state index >= 15 is 0 Å². The molecule has 0 aromatic carbocycles. The Kier molecular flexibility index (Phi) is 4.58. The maximum atomic E-state index is 10.6. The number of carbonyl (C=O) groups excluding carboxylic acids is 1. The Bertz CT molecular complexity index is 268. The molecule has 0 saturated heterocycles. The van der Waals surface area contributed by atoms with E-state index in [0.717, 1.165) is 0 Å². The van der Waals surface area contributed by atoms with Crippen LogP contribution in [-0.4, -0.2) is 11.6 Å². The quantitative estimate of drug-likeness (QED) is 0.506. The van der Waals surface area contributed by atoms with E-state index in [2.05, 4.69) is 18.4 Å². The van der Waals surface area contributed by atoms with Crippen molar-refractivity contribution < 1.29 is 9.53 Å². The van der Waals surface area contributed by atoms with Gasteiger partial charge in [0.05, 0.1) is 0 Å². The van der Waals surface area contributed by atoms with Crippen LogP contribution in [0, 0.1) is 11.8 Å². The molecule has 0 radical (unpaired) electrons. The van der Waals surface area contributed by atoms with E-state index in [9.17, 15) is 4.79 Å². The van der Waals surface area contributed by atoms with Gasteiger partial charge in [0.25, 0.3) is 0 Å². The lowest BCUT2D eigenvalue weighted by Gasteiger charge is -2.16. The molecule has 0 unspecified atom stereocenters. The van der Waals surface area contributed by atoms with Gasteiger partial charge in [-0.25, -0.2) is 0 Å². The fraction of sp³-hybridized carbons (Fsp3) is 0.500. The first-order valence-corrected chi connectivity index (χ1v) is 4.24. The normalized spacial score (nSPS) is 9.85. The number of rotatable bonds is 2. The third kappa shape index (κ3) is 7.42. The summed E-state index contributed by atoms with van der Waals surface area (Å²) in [6, 6.07) is 0. The smallest absolute Gasteiger partial charge is 0.304 e. The molecular weight excluding hydrogens is 188 g/mol. The van der Waals surface area contributed by atoms with Gasteiger partial charge in [0.15, 0.2) is 5.60 Å². The molecular formula is C10H13ClO2. The number of ether oxygens (including phenoxy) is 1. The molecule has 2 nitrogen and oxygen atoms in total. The number of halogens is 1. The van der Waals surface area contributed by atoms with Crippen molar-refractivity contribution >= 4 is 17.6 Å². The lowest BCUT2D eigenvalue weighted by atomic mass is 10.1. The fourth-order valence-corrected chi connectivity index (χ4v) is 0.805. The zero-order chi connectivity index (χ0) is 10.5. The molecule has 72 valence electrons. The highest BCUT2D eigenvalue weighted by molar-refractivity contribution is 6.29. The Hall–Kier alpha value is -0.940. The Morgan fingerprint density at radius 2 is 2.15 bits per heavy atom. The van der Waals surface area contributed by atoms with E-state index in [1.165, 1.54) is 6.92 Å². The summed E-state index contributed by atoms with van der Waals surface area (Å²) in [7, 11) is 0. The van der Waals surface area contributed by atoms with Gasteiger partial charge in [-0.2, -0.15) is 0 Å². The topological polar surface area (TPSA) is 26.3 Å². The van der Waals surface area contributed by atoms with Crippen LogP contribution in [0.15, 0.2) is 11.6 Å². The van der Waals surface area contributed by atoms with Crippen molar-refractivity contribution in [2.24, 2.45) is 0 Å². The molecule has 0 fully saturated rings. The van der Waals surface area contributed by atoms with Crippen LogP contribution in [0.2, 0.25) is 0 Å². The van der Waals surface area contributed by atoms with Crippen LogP contribution in [0.4, 0.5) is 0 Å². The van der Waals surface area contributed by atoms with Gasteiger partial charge in [0.2, 0.25) is 0 Å². The summed E-state index contributed by atoms with van der Waals surface area (Å²) in [6.07, 6.45) is 0.409. The van der Waals surface area contributed by atoms with Gasteiger partial charge in [-0.15, -0.1) is 0 Å². The predicted octanol–water partition coefficient (Wildman–Crippen LogP) is 2.47. The van der Waals surface area contributed by atoms with Gasteiger partial charge in [-0.05, 0) is 13.8 Å². The minimum absolute atomic E-state index is 0.344. The molecule has 0 aromatic heterocycles. The highest BCUT2D eigenvalue weighted by Gasteiger charge is 2.16. The highest BCUT2D eigenvalue weighted by Crippen LogP contribution is 2.08. The zero-order valence-electron chi connectivity index (χ0n) is 8.11. The molecule has 0 atom stereocenters. The summed E-state index contributed by atoms with van der Waals surface area (Å²) < 4.78 is 4.93. The average Bonchev–Trinajstić information content (AvgIpc) is 1.81. The molecule has 0 aromatic rings. The molecule has 0 heterocycles. The molecule has 3 heteroatoms. The predicted molar refractivity (Wildman–Crippen MR) is 53.2 cm³/mol. The summed E-state index contributed by atoms with van der Waals surface area (Å²) in [5, 5.41) is 0.478. The van der Waals surface area contributed by atoms with Crippen LogP contribution in [0.1, 0.15) is 27.2 Å². The summed E-state index contributed by atoms with van der Waals surface area (Å²) in [5.74, 6) is 5.21. The molecule has 0 amide bonds. The Labute approximate surface area is 83.9 Å². The second-order valence-electron chi connectivity index (χ2n) is 3.10. The number of allylic oxidation sites excluding steroid dienone is 1. The van der Waals surface area contributed by atoms with Gasteiger partial charge >= 0.3 is 5.97 Å². The number of esters is 1. The average molecular weight is 201 g/mol. The number of hydrogen-bond donors (Lipinski definition) is 0. The summed E-state index contributed by atoms with van der Waals surface area (Å²) in [5.41, 5.74) is -0.752. The third-order valence-corrected chi connectivity index (χ3v) is 1.20. The summed E-state index contributed by atoms with van der Waals surface area (Å²) in [4.78, 5) is 10.6. The van der Waals surface area contributed by atoms with Crippen molar-refractivity contribution in [2.45, 2.75) is 32.8 Å². The molecule has 0 N–H and O–H groups in total. The molecule has 0 aliphatic rings. The highest BCUT2D eigenvalue weighted by atomic mass is 35.5. The first kappa shape index (κ1) is 12.1. The lowest BCUT2D eigenvalue weighted by molar-refractivity contribution is -0.148. The number of carbonyl (C=O) groups is 1. The van der Waals surface area contributed by atoms with E-state index in [1.807, 2.05) is 0 Å². The fourth-order valence-electron chi connectivity index (χ4n) is 0.738. The molecule has 0 aliphatic heterocycles. The molecule has 0 saturated carbocycles. The van der Waals surface area contributed by atoms with Crippen LogP contribution in [0.25, 0.3) is 0 Å². The molecule has 0 spiro atoms. The van der Waals surface area contributed by atoms with Crippen molar-refractivity contribution in [2.75, 3.05) is 0 Å². The second kappa shape index (κ2) is 4.94. The SMILES string of the molecule is C=C(Cl)CC#CC(C)(C)OC(C)=O. The Morgan fingerprint density at radius 1 is 1.62 bits per heavy atom. The summed E-state index contributed by atoms with van der Waals surface area (Å²) >= 11 is 5.51. The summed E-state index contributed by atoms with van der Waals surface area (Å²) in [6.45, 7) is 8.28. The standard InChI is InChI=1S/C10H13ClO2/c1-8(11)6-5-7-10(3,4)13-9(2)12/h1,6H2,2-4H3. The maximum Gasteiger partial charge on any atom is 0.304 e. The van der Waals surface area contributed by atoms with Crippen LogP contribution < -0.4 is 0 Å². The van der Waals surface area contributed by atoms with Gasteiger partial charge in [-0.1, -0.05) is 30.0 Å². The van der Waals surface area contributed by atoms with Gasteiger partial charge in [0, 0.05) is 18.4 Å². The van der Waals surface area contributed by atoms with E-state index in [1.54, 1.807) is 13.8 Å². The molecule has 13 heavy (non-hydrogen) atoms. The first-order valence-electron chi connectivity index (χ1n) is 3.86. The second-order valence-corrected chi connectivity index (χ2v) is 3.63.